The first-order valence-electron chi connectivity index (χ1n) is 11.4. The molecule has 0 N–H and O–H groups in total. The number of ether oxygens (including phenoxy) is 3. The number of carbonyl (C=O) groups is 1. The van der Waals surface area contributed by atoms with E-state index in [0.29, 0.717) is 70.3 Å². The normalized spacial score (nSPS) is 12.9. The van der Waals surface area contributed by atoms with Crippen LogP contribution in [0.1, 0.15) is 35.0 Å². The first-order valence-corrected chi connectivity index (χ1v) is 12.2. The highest BCUT2D eigenvalue weighted by Gasteiger charge is 2.20. The van der Waals surface area contributed by atoms with Crippen LogP contribution in [-0.2, 0) is 6.42 Å². The number of halogens is 1. The number of aryl methyl sites for hydroxylation is 2. The Bertz CT molecular complexity index is 1490. The largest absolute Gasteiger partial charge is 0.490 e. The summed E-state index contributed by atoms with van der Waals surface area (Å²) in [6.07, 6.45) is 1.38. The smallest absolute Gasteiger partial charge is 0.343 e. The third kappa shape index (κ3) is 4.56. The molecule has 0 spiro atoms. The second-order valence-electron chi connectivity index (χ2n) is 8.28. The molecule has 4 aromatic rings. The molecule has 1 aromatic heterocycles. The van der Waals surface area contributed by atoms with Crippen LogP contribution in [0.5, 0.6) is 17.2 Å². The van der Waals surface area contributed by atoms with Gasteiger partial charge in [-0.3, -0.25) is 4.79 Å². The quantitative estimate of drug-likeness (QED) is 0.220. The summed E-state index contributed by atoms with van der Waals surface area (Å²) in [6, 6.07) is 15.8. The van der Waals surface area contributed by atoms with E-state index >= 15 is 0 Å². The van der Waals surface area contributed by atoms with Crippen LogP contribution in [0.4, 0.5) is 0 Å². The van der Waals surface area contributed by atoms with Gasteiger partial charge in [0, 0.05) is 17.0 Å². The molecule has 2 heterocycles. The van der Waals surface area contributed by atoms with Crippen LogP contribution in [0.2, 0.25) is 0 Å². The van der Waals surface area contributed by atoms with Crippen molar-refractivity contribution in [2.75, 3.05) is 13.2 Å². The molecule has 0 aliphatic carbocycles. The van der Waals surface area contributed by atoms with Gasteiger partial charge in [0.2, 0.25) is 5.43 Å². The number of hydrogen-bond donors (Lipinski definition) is 0. The molecule has 0 atom stereocenters. The molecule has 0 bridgehead atoms. The number of esters is 1. The highest BCUT2D eigenvalue weighted by molar-refractivity contribution is 9.10. The number of benzene rings is 3. The molecule has 7 heteroatoms. The molecule has 1 aliphatic rings. The van der Waals surface area contributed by atoms with E-state index in [0.717, 1.165) is 16.5 Å². The average molecular weight is 535 g/mol. The van der Waals surface area contributed by atoms with Crippen LogP contribution in [0.3, 0.4) is 0 Å². The number of rotatable bonds is 4. The van der Waals surface area contributed by atoms with E-state index < -0.39 is 5.97 Å². The molecule has 178 valence electrons. The summed E-state index contributed by atoms with van der Waals surface area (Å²) in [6.45, 7) is 4.85. The fourth-order valence-electron chi connectivity index (χ4n) is 4.15. The summed E-state index contributed by atoms with van der Waals surface area (Å²) in [5.74, 6) is 1.64. The Hall–Kier alpha value is -3.58. The van der Waals surface area contributed by atoms with Crippen molar-refractivity contribution in [1.82, 2.24) is 0 Å². The highest BCUT2D eigenvalue weighted by Crippen LogP contribution is 2.36. The maximum Gasteiger partial charge on any atom is 0.343 e. The van der Waals surface area contributed by atoms with E-state index in [2.05, 4.69) is 15.9 Å². The van der Waals surface area contributed by atoms with Crippen LogP contribution in [0, 0.1) is 6.92 Å². The van der Waals surface area contributed by atoms with E-state index in [-0.39, 0.29) is 5.43 Å². The highest BCUT2D eigenvalue weighted by atomic mass is 79.9. The summed E-state index contributed by atoms with van der Waals surface area (Å²) in [7, 11) is 0. The van der Waals surface area contributed by atoms with Gasteiger partial charge in [-0.25, -0.2) is 4.79 Å². The van der Waals surface area contributed by atoms with Crippen molar-refractivity contribution in [3.63, 3.8) is 0 Å². The van der Waals surface area contributed by atoms with Crippen LogP contribution >= 0.6 is 15.9 Å². The standard InChI is InChI=1S/C28H23BrO6/c1-3-17-13-21-24(15-23(17)35-28(31)18-5-8-20(29)9-6-18)34-16(2)26(27(21)30)19-7-10-22-25(14-19)33-12-4-11-32-22/h5-10,13-15H,3-4,11-12H2,1-2H3. The van der Waals surface area contributed by atoms with Gasteiger partial charge in [0.25, 0.3) is 0 Å². The lowest BCUT2D eigenvalue weighted by Gasteiger charge is -2.13. The van der Waals surface area contributed by atoms with E-state index in [1.165, 1.54) is 0 Å². The van der Waals surface area contributed by atoms with E-state index in [1.807, 2.05) is 25.1 Å². The van der Waals surface area contributed by atoms with Gasteiger partial charge >= 0.3 is 5.97 Å². The minimum atomic E-state index is -0.477. The van der Waals surface area contributed by atoms with Crippen molar-refractivity contribution in [3.05, 3.63) is 86.2 Å². The molecule has 0 radical (unpaired) electrons. The first-order chi connectivity index (χ1) is 16.9. The van der Waals surface area contributed by atoms with Crippen LogP contribution < -0.4 is 19.6 Å². The molecule has 35 heavy (non-hydrogen) atoms. The number of hydrogen-bond acceptors (Lipinski definition) is 6. The van der Waals surface area contributed by atoms with Gasteiger partial charge in [-0.2, -0.15) is 0 Å². The summed E-state index contributed by atoms with van der Waals surface area (Å²) in [5, 5.41) is 0.429. The third-order valence-corrected chi connectivity index (χ3v) is 6.48. The zero-order chi connectivity index (χ0) is 24.5. The summed E-state index contributed by atoms with van der Waals surface area (Å²) < 4.78 is 24.1. The van der Waals surface area contributed by atoms with Crippen molar-refractivity contribution < 1.29 is 23.4 Å². The maximum atomic E-state index is 13.6. The summed E-state index contributed by atoms with van der Waals surface area (Å²) in [5.41, 5.74) is 2.54. The van der Waals surface area contributed by atoms with Gasteiger partial charge in [0.15, 0.2) is 11.5 Å². The molecular formula is C28H23BrO6. The lowest BCUT2D eigenvalue weighted by Crippen LogP contribution is -2.12. The van der Waals surface area contributed by atoms with Crippen LogP contribution in [0.25, 0.3) is 22.1 Å². The molecule has 6 nitrogen and oxygen atoms in total. The van der Waals surface area contributed by atoms with Gasteiger partial charge in [0.05, 0.1) is 29.7 Å². The van der Waals surface area contributed by atoms with Crippen molar-refractivity contribution in [2.24, 2.45) is 0 Å². The predicted octanol–water partition coefficient (Wildman–Crippen LogP) is 6.47. The topological polar surface area (TPSA) is 75.0 Å². The second kappa shape index (κ2) is 9.58. The molecule has 0 saturated heterocycles. The average Bonchev–Trinajstić information content (AvgIpc) is 3.09. The predicted molar refractivity (Wildman–Crippen MR) is 137 cm³/mol. The van der Waals surface area contributed by atoms with Gasteiger partial charge in [-0.05, 0) is 66.9 Å². The van der Waals surface area contributed by atoms with E-state index in [1.54, 1.807) is 43.3 Å². The molecule has 3 aromatic carbocycles. The van der Waals surface area contributed by atoms with Gasteiger partial charge in [-0.15, -0.1) is 0 Å². The minimum absolute atomic E-state index is 0.154. The van der Waals surface area contributed by atoms with Crippen molar-refractivity contribution >= 4 is 32.9 Å². The lowest BCUT2D eigenvalue weighted by molar-refractivity contribution is 0.0733. The zero-order valence-corrected chi connectivity index (χ0v) is 20.9. The third-order valence-electron chi connectivity index (χ3n) is 5.95. The lowest BCUT2D eigenvalue weighted by atomic mass is 10.0. The Morgan fingerprint density at radius 2 is 1.74 bits per heavy atom. The van der Waals surface area contributed by atoms with E-state index in [4.69, 9.17) is 18.6 Å². The Kier molecular flexibility index (Phi) is 6.34. The van der Waals surface area contributed by atoms with Crippen LogP contribution in [0.15, 0.2) is 68.3 Å². The van der Waals surface area contributed by atoms with Gasteiger partial charge in [-0.1, -0.05) is 28.9 Å². The Morgan fingerprint density at radius 1 is 1.00 bits per heavy atom. The first kappa shape index (κ1) is 23.2. The fraction of sp³-hybridized carbons (Fsp3) is 0.214. The van der Waals surface area contributed by atoms with Gasteiger partial charge in [0.1, 0.15) is 17.1 Å². The molecule has 0 fully saturated rings. The monoisotopic (exact) mass is 534 g/mol. The summed E-state index contributed by atoms with van der Waals surface area (Å²) >= 11 is 3.36. The molecule has 0 unspecified atom stereocenters. The second-order valence-corrected chi connectivity index (χ2v) is 9.20. The Balaban J connectivity index is 1.56. The van der Waals surface area contributed by atoms with Crippen LogP contribution in [-0.4, -0.2) is 19.2 Å². The number of carbonyl (C=O) groups excluding carboxylic acids is 1. The number of fused-ring (bicyclic) bond motifs is 2. The van der Waals surface area contributed by atoms with Crippen molar-refractivity contribution in [3.8, 4) is 28.4 Å². The Morgan fingerprint density at radius 3 is 2.49 bits per heavy atom. The zero-order valence-electron chi connectivity index (χ0n) is 19.4. The maximum absolute atomic E-state index is 13.6. The summed E-state index contributed by atoms with van der Waals surface area (Å²) in [4.78, 5) is 26.3. The molecule has 1 aliphatic heterocycles. The van der Waals surface area contributed by atoms with Crippen molar-refractivity contribution in [2.45, 2.75) is 26.7 Å². The van der Waals surface area contributed by atoms with Gasteiger partial charge < -0.3 is 18.6 Å². The fourth-order valence-corrected chi connectivity index (χ4v) is 4.41. The minimum Gasteiger partial charge on any atom is -0.490 e. The van der Waals surface area contributed by atoms with Crippen molar-refractivity contribution in [1.29, 1.82) is 0 Å². The van der Waals surface area contributed by atoms with E-state index in [9.17, 15) is 9.59 Å². The molecular weight excluding hydrogens is 512 g/mol. The molecule has 0 amide bonds. The molecule has 5 rings (SSSR count). The SMILES string of the molecule is CCc1cc2c(=O)c(-c3ccc4c(c3)OCCCO4)c(C)oc2cc1OC(=O)c1ccc(Br)cc1. The Labute approximate surface area is 210 Å². The molecule has 0 saturated carbocycles.